The third-order valence-corrected chi connectivity index (χ3v) is 10.3. The van der Waals surface area contributed by atoms with Gasteiger partial charge in [-0.15, -0.1) is 0 Å². The first-order chi connectivity index (χ1) is 27.5. The van der Waals surface area contributed by atoms with Crippen LogP contribution in [-0.2, 0) is 62.3 Å². The largest absolute Gasteiger partial charge is 0.497 e. The average molecular weight is 771 g/mol. The minimum Gasteiger partial charge on any atom is -0.497 e. The summed E-state index contributed by atoms with van der Waals surface area (Å²) in [4.78, 5) is 0. The number of ether oxygens (including phenoxy) is 6. The van der Waals surface area contributed by atoms with E-state index in [2.05, 4.69) is 0 Å². The molecule has 1 N–H and O–H groups in total. The summed E-state index contributed by atoms with van der Waals surface area (Å²) >= 11 is 6.85. The SMILES string of the molecule is COc1ccc(Cc2cc(C3(O)O[C@H](COCc4ccccc4)[C@@H](OCc4ccccc4)[C@H](OCc4ccccc4)[C@H]3OCc3ccccc3)ccc2Cl)cc1. The Labute approximate surface area is 334 Å². The average Bonchev–Trinajstić information content (AvgIpc) is 3.24. The normalized spacial score (nSPS) is 20.8. The van der Waals surface area contributed by atoms with Crippen molar-refractivity contribution < 1.29 is 33.5 Å². The summed E-state index contributed by atoms with van der Waals surface area (Å²) in [7, 11) is 1.64. The molecule has 7 nitrogen and oxygen atoms in total. The predicted octanol–water partition coefficient (Wildman–Crippen LogP) is 9.46. The summed E-state index contributed by atoms with van der Waals surface area (Å²) in [5.74, 6) is -1.24. The molecule has 1 unspecified atom stereocenters. The Morgan fingerprint density at radius 2 is 1.07 bits per heavy atom. The Bertz CT molecular complexity index is 2070. The Morgan fingerprint density at radius 3 is 1.61 bits per heavy atom. The highest BCUT2D eigenvalue weighted by molar-refractivity contribution is 6.31. The Morgan fingerprint density at radius 1 is 0.571 bits per heavy atom. The molecule has 0 amide bonds. The van der Waals surface area contributed by atoms with Crippen LogP contribution in [-0.4, -0.2) is 43.2 Å². The molecule has 1 heterocycles. The highest BCUT2D eigenvalue weighted by Gasteiger charge is 2.57. The van der Waals surface area contributed by atoms with E-state index in [4.69, 9.17) is 40.0 Å². The van der Waals surface area contributed by atoms with E-state index in [0.717, 1.165) is 39.1 Å². The lowest BCUT2D eigenvalue weighted by molar-refractivity contribution is -0.378. The summed E-state index contributed by atoms with van der Waals surface area (Å²) < 4.78 is 39.1. The van der Waals surface area contributed by atoms with E-state index in [1.54, 1.807) is 19.2 Å². The molecule has 56 heavy (non-hydrogen) atoms. The molecule has 0 spiro atoms. The number of halogens is 1. The van der Waals surface area contributed by atoms with Crippen molar-refractivity contribution in [1.82, 2.24) is 0 Å². The van der Waals surface area contributed by atoms with Gasteiger partial charge in [-0.25, -0.2) is 0 Å². The van der Waals surface area contributed by atoms with Gasteiger partial charge in [0.1, 0.15) is 30.2 Å². The molecule has 0 aliphatic carbocycles. The van der Waals surface area contributed by atoms with Crippen LogP contribution >= 0.6 is 11.6 Å². The van der Waals surface area contributed by atoms with Gasteiger partial charge in [-0.2, -0.15) is 0 Å². The van der Waals surface area contributed by atoms with Gasteiger partial charge in [-0.05, 0) is 64.1 Å². The van der Waals surface area contributed by atoms with Gasteiger partial charge in [0.2, 0.25) is 5.79 Å². The molecule has 0 radical (unpaired) electrons. The van der Waals surface area contributed by atoms with Crippen molar-refractivity contribution in [1.29, 1.82) is 0 Å². The summed E-state index contributed by atoms with van der Waals surface area (Å²) in [5, 5.41) is 13.8. The van der Waals surface area contributed by atoms with Crippen molar-refractivity contribution in [3.63, 3.8) is 0 Å². The van der Waals surface area contributed by atoms with Gasteiger partial charge in [0.15, 0.2) is 0 Å². The zero-order valence-corrected chi connectivity index (χ0v) is 32.2. The number of methoxy groups -OCH3 is 1. The number of hydrogen-bond acceptors (Lipinski definition) is 7. The molecular weight excluding hydrogens is 724 g/mol. The number of benzene rings is 6. The molecule has 288 valence electrons. The van der Waals surface area contributed by atoms with Gasteiger partial charge in [0, 0.05) is 10.6 Å². The number of aliphatic hydroxyl groups is 1. The fourth-order valence-electron chi connectivity index (χ4n) is 6.98. The summed E-state index contributed by atoms with van der Waals surface area (Å²) in [5.41, 5.74) is 6.23. The highest BCUT2D eigenvalue weighted by atomic mass is 35.5. The van der Waals surface area contributed by atoms with E-state index >= 15 is 0 Å². The Balaban J connectivity index is 1.29. The van der Waals surface area contributed by atoms with E-state index in [-0.39, 0.29) is 26.4 Å². The summed E-state index contributed by atoms with van der Waals surface area (Å²) in [6.07, 6.45) is -2.82. The molecule has 0 aromatic heterocycles. The van der Waals surface area contributed by atoms with Crippen molar-refractivity contribution in [2.45, 2.75) is 63.1 Å². The molecule has 5 atom stereocenters. The Hall–Kier alpha value is -4.83. The molecule has 0 saturated carbocycles. The van der Waals surface area contributed by atoms with Gasteiger partial charge in [-0.1, -0.05) is 151 Å². The smallest absolute Gasteiger partial charge is 0.222 e. The molecule has 1 saturated heterocycles. The van der Waals surface area contributed by atoms with Crippen LogP contribution in [0.3, 0.4) is 0 Å². The van der Waals surface area contributed by atoms with Crippen LogP contribution in [0.2, 0.25) is 5.02 Å². The van der Waals surface area contributed by atoms with Crippen molar-refractivity contribution in [3.8, 4) is 5.75 Å². The fraction of sp³-hybridized carbons (Fsp3) is 0.250. The van der Waals surface area contributed by atoms with Gasteiger partial charge < -0.3 is 33.5 Å². The van der Waals surface area contributed by atoms with Crippen molar-refractivity contribution in [2.75, 3.05) is 13.7 Å². The lowest BCUT2D eigenvalue weighted by Crippen LogP contribution is -2.65. The highest BCUT2D eigenvalue weighted by Crippen LogP contribution is 2.43. The van der Waals surface area contributed by atoms with Crippen LogP contribution in [0.5, 0.6) is 5.75 Å². The van der Waals surface area contributed by atoms with Crippen LogP contribution in [0.25, 0.3) is 0 Å². The van der Waals surface area contributed by atoms with Crippen molar-refractivity contribution in [3.05, 3.63) is 208 Å². The molecule has 6 aromatic carbocycles. The van der Waals surface area contributed by atoms with Crippen molar-refractivity contribution in [2.24, 2.45) is 0 Å². The zero-order valence-electron chi connectivity index (χ0n) is 31.4. The van der Waals surface area contributed by atoms with Crippen LogP contribution in [0.4, 0.5) is 0 Å². The minimum atomic E-state index is -2.01. The molecule has 6 aromatic rings. The molecule has 1 aliphatic rings. The monoisotopic (exact) mass is 770 g/mol. The summed E-state index contributed by atoms with van der Waals surface area (Å²) in [6.45, 7) is 1.18. The standard InChI is InChI=1S/C48H47ClO7/c1-51-42-25-22-35(23-26-42)28-40-29-41(24-27-43(40)49)48(50)47(55-33-39-20-12-5-13-21-39)46(54-32-38-18-10-4-11-19-38)45(53-31-37-16-8-3-9-17-37)44(56-48)34-52-30-36-14-6-2-7-15-36/h2-27,29,44-47,50H,28,30-34H2,1H3/t44-,45-,46+,47-,48?/m1/s1. The second kappa shape index (κ2) is 19.4. The lowest BCUT2D eigenvalue weighted by Gasteiger charge is -2.50. The maximum absolute atomic E-state index is 13.2. The molecule has 8 heteroatoms. The molecule has 7 rings (SSSR count). The number of hydrogen-bond donors (Lipinski definition) is 1. The second-order valence-electron chi connectivity index (χ2n) is 13.9. The van der Waals surface area contributed by atoms with Crippen LogP contribution in [0.1, 0.15) is 38.9 Å². The number of rotatable bonds is 17. The van der Waals surface area contributed by atoms with E-state index in [9.17, 15) is 5.11 Å². The first kappa shape index (κ1) is 39.4. The lowest BCUT2D eigenvalue weighted by atomic mass is 9.86. The maximum atomic E-state index is 13.2. The second-order valence-corrected chi connectivity index (χ2v) is 14.3. The first-order valence-corrected chi connectivity index (χ1v) is 19.3. The Kier molecular flexibility index (Phi) is 13.6. The molecular formula is C48H47ClO7. The van der Waals surface area contributed by atoms with Gasteiger partial charge >= 0.3 is 0 Å². The van der Waals surface area contributed by atoms with Gasteiger partial charge in [0.25, 0.3) is 0 Å². The van der Waals surface area contributed by atoms with Crippen LogP contribution < -0.4 is 4.74 Å². The third kappa shape index (κ3) is 10.1. The zero-order chi connectivity index (χ0) is 38.6. The van der Waals surface area contributed by atoms with Crippen LogP contribution in [0, 0.1) is 0 Å². The van der Waals surface area contributed by atoms with Gasteiger partial charge in [0.05, 0.1) is 40.1 Å². The molecule has 0 bridgehead atoms. The van der Waals surface area contributed by atoms with E-state index in [1.807, 2.05) is 152 Å². The quantitative estimate of drug-likeness (QED) is 0.0991. The molecule has 1 aliphatic heterocycles. The third-order valence-electron chi connectivity index (χ3n) is 9.95. The van der Waals surface area contributed by atoms with Crippen molar-refractivity contribution >= 4 is 11.6 Å². The minimum absolute atomic E-state index is 0.111. The summed E-state index contributed by atoms with van der Waals surface area (Å²) in [6, 6.07) is 53.0. The first-order valence-electron chi connectivity index (χ1n) is 18.9. The van der Waals surface area contributed by atoms with E-state index in [1.165, 1.54) is 0 Å². The van der Waals surface area contributed by atoms with Crippen LogP contribution in [0.15, 0.2) is 164 Å². The topological polar surface area (TPSA) is 75.6 Å². The van der Waals surface area contributed by atoms with E-state index in [0.29, 0.717) is 23.6 Å². The molecule has 1 fully saturated rings. The van der Waals surface area contributed by atoms with Gasteiger partial charge in [-0.3, -0.25) is 0 Å². The predicted molar refractivity (Wildman–Crippen MR) is 217 cm³/mol. The van der Waals surface area contributed by atoms with E-state index < -0.39 is 30.2 Å². The maximum Gasteiger partial charge on any atom is 0.222 e. The fourth-order valence-corrected chi connectivity index (χ4v) is 7.17.